The Hall–Kier alpha value is -0.940. The quantitative estimate of drug-likeness (QED) is 0.672. The van der Waals surface area contributed by atoms with Crippen LogP contribution in [0, 0.1) is 34.5 Å². The Balaban J connectivity index is 0.000000122. The molecule has 0 aromatic rings. The minimum atomic E-state index is -0.676. The Morgan fingerprint density at radius 2 is 1.04 bits per heavy atom. The molecular weight excluding hydrogens is 356 g/mol. The Labute approximate surface area is 166 Å². The van der Waals surface area contributed by atoms with Gasteiger partial charge in [-0.05, 0) is 108 Å². The minimum Gasteiger partial charge on any atom is -0.481 e. The van der Waals surface area contributed by atoms with E-state index in [-0.39, 0.29) is 5.41 Å². The van der Waals surface area contributed by atoms with Crippen LogP contribution in [0.15, 0.2) is 0 Å². The molecule has 3 N–H and O–H groups in total. The van der Waals surface area contributed by atoms with Crippen molar-refractivity contribution in [2.75, 3.05) is 0 Å². The maximum Gasteiger partial charge on any atom is 0.309 e. The number of Topliss-reactive ketones (excluding diaryl/α,β-unsaturated/α-hetero) is 1. The van der Waals surface area contributed by atoms with E-state index < -0.39 is 22.6 Å². The molecule has 8 rings (SSSR count). The van der Waals surface area contributed by atoms with Gasteiger partial charge in [0.1, 0.15) is 5.78 Å². The monoisotopic (exact) mass is 390 g/mol. The summed E-state index contributed by atoms with van der Waals surface area (Å²) in [6.07, 6.45) is 11.0. The number of carboxylic acids is 1. The van der Waals surface area contributed by atoms with Gasteiger partial charge in [0.2, 0.25) is 0 Å². The van der Waals surface area contributed by atoms with Crippen molar-refractivity contribution in [3.05, 3.63) is 0 Å². The summed E-state index contributed by atoms with van der Waals surface area (Å²) in [5.41, 5.74) is -1.81. The van der Waals surface area contributed by atoms with Gasteiger partial charge in [0.05, 0.1) is 16.6 Å². The van der Waals surface area contributed by atoms with E-state index in [1.54, 1.807) is 6.92 Å². The lowest BCUT2D eigenvalue weighted by atomic mass is 9.47. The van der Waals surface area contributed by atoms with Gasteiger partial charge in [-0.2, -0.15) is 0 Å². The summed E-state index contributed by atoms with van der Waals surface area (Å²) in [6.45, 7) is 1.72. The van der Waals surface area contributed by atoms with Gasteiger partial charge in [-0.3, -0.25) is 9.59 Å². The summed E-state index contributed by atoms with van der Waals surface area (Å²) in [5, 5.41) is 29.9. The largest absolute Gasteiger partial charge is 0.481 e. The molecular formula is C23H34O5. The lowest BCUT2D eigenvalue weighted by Gasteiger charge is -2.59. The van der Waals surface area contributed by atoms with Crippen molar-refractivity contribution in [1.82, 2.24) is 0 Å². The summed E-state index contributed by atoms with van der Waals surface area (Å²) in [7, 11) is 0. The molecule has 4 atom stereocenters. The lowest BCUT2D eigenvalue weighted by molar-refractivity contribution is -0.191. The molecule has 8 aliphatic rings. The molecule has 8 fully saturated rings. The highest BCUT2D eigenvalue weighted by Crippen LogP contribution is 2.62. The van der Waals surface area contributed by atoms with E-state index >= 15 is 0 Å². The molecule has 0 aromatic heterocycles. The summed E-state index contributed by atoms with van der Waals surface area (Å²) in [5.74, 6) is 1.85. The molecule has 0 aliphatic heterocycles. The SMILES string of the molecule is CC(=O)C12CC3CC(CC(O)(C3)C1)C2.O=C(O)C12CC3CC(CC(O)(C3)C1)C2. The molecule has 156 valence electrons. The number of carbonyl (C=O) groups is 2. The third-order valence-electron chi connectivity index (χ3n) is 9.26. The van der Waals surface area contributed by atoms with Crippen molar-refractivity contribution in [2.24, 2.45) is 34.5 Å². The molecule has 28 heavy (non-hydrogen) atoms. The molecule has 8 saturated carbocycles. The van der Waals surface area contributed by atoms with Gasteiger partial charge < -0.3 is 15.3 Å². The van der Waals surface area contributed by atoms with Crippen LogP contribution in [-0.4, -0.2) is 38.3 Å². The van der Waals surface area contributed by atoms with Gasteiger partial charge in [0.25, 0.3) is 0 Å². The number of rotatable bonds is 2. The molecule has 0 saturated heterocycles. The zero-order chi connectivity index (χ0) is 19.9. The normalized spacial score (nSPS) is 55.0. The van der Waals surface area contributed by atoms with Crippen molar-refractivity contribution >= 4 is 11.8 Å². The van der Waals surface area contributed by atoms with Gasteiger partial charge in [-0.25, -0.2) is 0 Å². The van der Waals surface area contributed by atoms with Crippen LogP contribution in [0.5, 0.6) is 0 Å². The number of hydrogen-bond donors (Lipinski definition) is 3. The molecule has 0 spiro atoms. The molecule has 8 aliphatic carbocycles. The maximum absolute atomic E-state index is 11.7. The average molecular weight is 391 g/mol. The van der Waals surface area contributed by atoms with Crippen LogP contribution in [0.4, 0.5) is 0 Å². The molecule has 8 bridgehead atoms. The van der Waals surface area contributed by atoms with Crippen molar-refractivity contribution in [3.63, 3.8) is 0 Å². The van der Waals surface area contributed by atoms with E-state index in [0.29, 0.717) is 35.9 Å². The van der Waals surface area contributed by atoms with E-state index in [1.807, 2.05) is 0 Å². The van der Waals surface area contributed by atoms with Crippen LogP contribution in [0.1, 0.15) is 84.0 Å². The van der Waals surface area contributed by atoms with Crippen LogP contribution in [0.3, 0.4) is 0 Å². The molecule has 0 radical (unpaired) electrons. The molecule has 0 aromatic carbocycles. The highest BCUT2D eigenvalue weighted by Gasteiger charge is 2.61. The van der Waals surface area contributed by atoms with E-state index in [1.165, 1.54) is 6.42 Å². The number of aliphatic hydroxyl groups is 2. The van der Waals surface area contributed by atoms with Gasteiger partial charge in [-0.15, -0.1) is 0 Å². The van der Waals surface area contributed by atoms with Gasteiger partial charge in [0, 0.05) is 5.41 Å². The number of carboxylic acid groups (broad SMARTS) is 1. The number of ketones is 1. The van der Waals surface area contributed by atoms with Crippen molar-refractivity contribution in [3.8, 4) is 0 Å². The smallest absolute Gasteiger partial charge is 0.309 e. The van der Waals surface area contributed by atoms with Gasteiger partial charge in [0.15, 0.2) is 0 Å². The fourth-order valence-electron chi connectivity index (χ4n) is 9.09. The third kappa shape index (κ3) is 2.87. The van der Waals surface area contributed by atoms with Crippen LogP contribution >= 0.6 is 0 Å². The Bertz CT molecular complexity index is 624. The highest BCUT2D eigenvalue weighted by atomic mass is 16.4. The second-order valence-corrected chi connectivity index (χ2v) is 11.8. The fraction of sp³-hybridized carbons (Fsp3) is 0.913. The molecule has 5 heteroatoms. The van der Waals surface area contributed by atoms with Crippen molar-refractivity contribution in [1.29, 1.82) is 0 Å². The first kappa shape index (κ1) is 19.0. The average Bonchev–Trinajstić information content (AvgIpc) is 2.50. The number of aliphatic carboxylic acids is 1. The standard InChI is InChI=1S/C12H18O2.C11H16O3/c1-8(13)11-3-9-2-10(4-11)6-12(14,5-9)7-11;12-9(13)10-2-7-1-8(3-10)5-11(14,4-7)6-10/h9-10,14H,2-7H2,1H3;7-8,14H,1-6H2,(H,12,13). The third-order valence-corrected chi connectivity index (χ3v) is 9.26. The number of carbonyl (C=O) groups excluding carboxylic acids is 1. The first-order chi connectivity index (χ1) is 13.0. The van der Waals surface area contributed by atoms with Crippen molar-refractivity contribution in [2.45, 2.75) is 95.2 Å². The summed E-state index contributed by atoms with van der Waals surface area (Å²) in [4.78, 5) is 23.0. The van der Waals surface area contributed by atoms with Crippen molar-refractivity contribution < 1.29 is 24.9 Å². The Morgan fingerprint density at radius 1 is 0.679 bits per heavy atom. The molecule has 4 unspecified atom stereocenters. The lowest BCUT2D eigenvalue weighted by Crippen LogP contribution is -2.58. The second kappa shape index (κ2) is 5.81. The number of hydrogen-bond acceptors (Lipinski definition) is 4. The molecule has 0 heterocycles. The predicted molar refractivity (Wildman–Crippen MR) is 102 cm³/mol. The van der Waals surface area contributed by atoms with Gasteiger partial charge in [-0.1, -0.05) is 0 Å². The van der Waals surface area contributed by atoms with Crippen LogP contribution in [0.2, 0.25) is 0 Å². The van der Waals surface area contributed by atoms with E-state index in [4.69, 9.17) is 0 Å². The topological polar surface area (TPSA) is 94.8 Å². The van der Waals surface area contributed by atoms with Crippen LogP contribution < -0.4 is 0 Å². The second-order valence-electron chi connectivity index (χ2n) is 11.8. The first-order valence-corrected chi connectivity index (χ1v) is 11.2. The van der Waals surface area contributed by atoms with Crippen LogP contribution in [-0.2, 0) is 9.59 Å². The van der Waals surface area contributed by atoms with E-state index in [9.17, 15) is 24.9 Å². The maximum atomic E-state index is 11.7. The molecule has 5 nitrogen and oxygen atoms in total. The van der Waals surface area contributed by atoms with E-state index in [0.717, 1.165) is 64.2 Å². The Morgan fingerprint density at radius 3 is 1.36 bits per heavy atom. The Kier molecular flexibility index (Phi) is 3.95. The van der Waals surface area contributed by atoms with Gasteiger partial charge >= 0.3 is 5.97 Å². The first-order valence-electron chi connectivity index (χ1n) is 11.2. The summed E-state index contributed by atoms with van der Waals surface area (Å²) in [6, 6.07) is 0. The zero-order valence-corrected chi connectivity index (χ0v) is 17.0. The predicted octanol–water partition coefficient (Wildman–Crippen LogP) is 3.31. The van der Waals surface area contributed by atoms with Crippen LogP contribution in [0.25, 0.3) is 0 Å². The highest BCUT2D eigenvalue weighted by molar-refractivity contribution is 5.83. The van der Waals surface area contributed by atoms with E-state index in [2.05, 4.69) is 0 Å². The summed E-state index contributed by atoms with van der Waals surface area (Å²) >= 11 is 0. The summed E-state index contributed by atoms with van der Waals surface area (Å²) < 4.78 is 0. The minimum absolute atomic E-state index is 0.126. The zero-order valence-electron chi connectivity index (χ0n) is 17.0. The molecule has 0 amide bonds. The fourth-order valence-corrected chi connectivity index (χ4v) is 9.09.